The van der Waals surface area contributed by atoms with Gasteiger partial charge in [0.2, 0.25) is 5.91 Å². The molecule has 2 fully saturated rings. The molecule has 1 aromatic carbocycles. The number of amides is 1. The van der Waals surface area contributed by atoms with Crippen LogP contribution in [0.2, 0.25) is 0 Å². The van der Waals surface area contributed by atoms with Crippen LogP contribution in [0.5, 0.6) is 0 Å². The van der Waals surface area contributed by atoms with E-state index in [0.717, 1.165) is 37.1 Å². The minimum absolute atomic E-state index is 0.0212. The van der Waals surface area contributed by atoms with E-state index in [2.05, 4.69) is 5.10 Å². The number of hydrogen-bond donors (Lipinski definition) is 0. The molecule has 2 aliphatic rings. The SMILES string of the molecule is Cn1nc(C2CCN(C(=O)Cc3ccc([N+](=O)[O-])cc3)CC2)n(C2CC2)c1=O. The Kier molecular flexibility index (Phi) is 4.74. The van der Waals surface area contributed by atoms with Crippen LogP contribution in [-0.2, 0) is 18.3 Å². The standard InChI is InChI=1S/C19H23N5O4/c1-21-19(26)23(15-6-7-15)18(20-21)14-8-10-22(11-9-14)17(25)12-13-2-4-16(5-3-13)24(27)28/h2-5,14-15H,6-12H2,1H3. The quantitative estimate of drug-likeness (QED) is 0.576. The molecule has 1 amide bonds. The lowest BCUT2D eigenvalue weighted by molar-refractivity contribution is -0.384. The zero-order valence-electron chi connectivity index (χ0n) is 15.8. The van der Waals surface area contributed by atoms with Gasteiger partial charge in [0, 0.05) is 44.2 Å². The number of hydrogen-bond acceptors (Lipinski definition) is 5. The molecule has 0 unspecified atom stereocenters. The zero-order chi connectivity index (χ0) is 19.8. The van der Waals surface area contributed by atoms with Gasteiger partial charge in [0.1, 0.15) is 5.82 Å². The Morgan fingerprint density at radius 3 is 2.39 bits per heavy atom. The monoisotopic (exact) mass is 385 g/mol. The first-order chi connectivity index (χ1) is 13.4. The fraction of sp³-hybridized carbons (Fsp3) is 0.526. The summed E-state index contributed by atoms with van der Waals surface area (Å²) in [5.74, 6) is 1.07. The zero-order valence-corrected chi connectivity index (χ0v) is 15.8. The second-order valence-electron chi connectivity index (χ2n) is 7.62. The van der Waals surface area contributed by atoms with Gasteiger partial charge >= 0.3 is 5.69 Å². The summed E-state index contributed by atoms with van der Waals surface area (Å²) >= 11 is 0. The van der Waals surface area contributed by atoms with E-state index in [0.29, 0.717) is 13.1 Å². The third-order valence-electron chi connectivity index (χ3n) is 5.61. The van der Waals surface area contributed by atoms with Crippen LogP contribution in [0, 0.1) is 10.1 Å². The van der Waals surface area contributed by atoms with Crippen molar-refractivity contribution in [2.45, 2.75) is 44.1 Å². The van der Waals surface area contributed by atoms with Crippen LogP contribution < -0.4 is 5.69 Å². The van der Waals surface area contributed by atoms with E-state index < -0.39 is 4.92 Å². The number of nitro groups is 1. The molecule has 0 spiro atoms. The summed E-state index contributed by atoms with van der Waals surface area (Å²) in [7, 11) is 1.69. The number of carbonyl (C=O) groups is 1. The molecule has 2 aromatic rings. The van der Waals surface area contributed by atoms with Crippen molar-refractivity contribution in [3.05, 3.63) is 56.3 Å². The smallest absolute Gasteiger partial charge is 0.342 e. The van der Waals surface area contributed by atoms with Crippen molar-refractivity contribution >= 4 is 11.6 Å². The Morgan fingerprint density at radius 1 is 1.18 bits per heavy atom. The number of carbonyl (C=O) groups excluding carboxylic acids is 1. The van der Waals surface area contributed by atoms with Gasteiger partial charge in [-0.25, -0.2) is 9.48 Å². The third kappa shape index (κ3) is 3.56. The number of aromatic nitrogens is 3. The van der Waals surface area contributed by atoms with Crippen molar-refractivity contribution in [3.8, 4) is 0 Å². The number of likely N-dealkylation sites (tertiary alicyclic amines) is 1. The van der Waals surface area contributed by atoms with Gasteiger partial charge in [-0.2, -0.15) is 5.10 Å². The first-order valence-electron chi connectivity index (χ1n) is 9.60. The summed E-state index contributed by atoms with van der Waals surface area (Å²) in [6.07, 6.45) is 3.87. The summed E-state index contributed by atoms with van der Waals surface area (Å²) in [5, 5.41) is 15.2. The first-order valence-corrected chi connectivity index (χ1v) is 9.60. The molecule has 0 N–H and O–H groups in total. The molecule has 148 valence electrons. The fourth-order valence-electron chi connectivity index (χ4n) is 3.86. The minimum Gasteiger partial charge on any atom is -0.342 e. The van der Waals surface area contributed by atoms with Crippen molar-refractivity contribution in [1.29, 1.82) is 0 Å². The van der Waals surface area contributed by atoms with Crippen LogP contribution in [-0.4, -0.2) is 43.2 Å². The molecule has 0 atom stereocenters. The second-order valence-corrected chi connectivity index (χ2v) is 7.62. The van der Waals surface area contributed by atoms with Gasteiger partial charge in [0.25, 0.3) is 5.69 Å². The van der Waals surface area contributed by atoms with Crippen molar-refractivity contribution in [2.75, 3.05) is 13.1 Å². The summed E-state index contributed by atoms with van der Waals surface area (Å²) in [6, 6.07) is 6.40. The Hall–Kier alpha value is -2.97. The number of rotatable bonds is 5. The lowest BCUT2D eigenvalue weighted by Gasteiger charge is -2.31. The highest BCUT2D eigenvalue weighted by atomic mass is 16.6. The van der Waals surface area contributed by atoms with Gasteiger partial charge in [0.15, 0.2) is 0 Å². The highest BCUT2D eigenvalue weighted by molar-refractivity contribution is 5.79. The average molecular weight is 385 g/mol. The van der Waals surface area contributed by atoms with Crippen molar-refractivity contribution in [1.82, 2.24) is 19.2 Å². The molecule has 1 aliphatic heterocycles. The summed E-state index contributed by atoms with van der Waals surface area (Å²) in [5.41, 5.74) is 0.744. The van der Waals surface area contributed by atoms with Gasteiger partial charge in [-0.15, -0.1) is 0 Å². The van der Waals surface area contributed by atoms with Gasteiger partial charge in [0.05, 0.1) is 11.3 Å². The maximum absolute atomic E-state index is 12.6. The van der Waals surface area contributed by atoms with E-state index >= 15 is 0 Å². The number of nitrogens with zero attached hydrogens (tertiary/aromatic N) is 5. The minimum atomic E-state index is -0.449. The second kappa shape index (κ2) is 7.21. The average Bonchev–Trinajstić information content (AvgIpc) is 3.48. The number of nitro benzene ring substituents is 1. The molecule has 9 heteroatoms. The Bertz CT molecular complexity index is 950. The molecule has 1 saturated heterocycles. The molecule has 4 rings (SSSR count). The Labute approximate surface area is 161 Å². The van der Waals surface area contributed by atoms with Crippen molar-refractivity contribution in [2.24, 2.45) is 7.05 Å². The summed E-state index contributed by atoms with van der Waals surface area (Å²) in [4.78, 5) is 37.0. The lowest BCUT2D eigenvalue weighted by Crippen LogP contribution is -2.39. The molecular weight excluding hydrogens is 362 g/mol. The molecule has 28 heavy (non-hydrogen) atoms. The van der Waals surface area contributed by atoms with Crippen LogP contribution in [0.15, 0.2) is 29.1 Å². The van der Waals surface area contributed by atoms with Crippen molar-refractivity contribution < 1.29 is 9.72 Å². The van der Waals surface area contributed by atoms with E-state index in [9.17, 15) is 19.7 Å². The van der Waals surface area contributed by atoms with E-state index in [1.165, 1.54) is 16.8 Å². The largest absolute Gasteiger partial charge is 0.345 e. The molecule has 0 radical (unpaired) electrons. The van der Waals surface area contributed by atoms with Crippen LogP contribution in [0.25, 0.3) is 0 Å². The summed E-state index contributed by atoms with van der Waals surface area (Å²) in [6.45, 7) is 1.26. The predicted octanol–water partition coefficient (Wildman–Crippen LogP) is 1.77. The fourth-order valence-corrected chi connectivity index (χ4v) is 3.86. The van der Waals surface area contributed by atoms with Crippen LogP contribution >= 0.6 is 0 Å². The molecular formula is C19H23N5O4. The number of benzene rings is 1. The molecule has 9 nitrogen and oxygen atoms in total. The molecule has 0 bridgehead atoms. The van der Waals surface area contributed by atoms with Gasteiger partial charge in [-0.3, -0.25) is 19.5 Å². The van der Waals surface area contributed by atoms with Gasteiger partial charge < -0.3 is 4.90 Å². The van der Waals surface area contributed by atoms with Crippen LogP contribution in [0.1, 0.15) is 49.0 Å². The highest BCUT2D eigenvalue weighted by Crippen LogP contribution is 2.37. The van der Waals surface area contributed by atoms with E-state index in [-0.39, 0.29) is 35.7 Å². The summed E-state index contributed by atoms with van der Waals surface area (Å²) < 4.78 is 3.26. The van der Waals surface area contributed by atoms with Gasteiger partial charge in [-0.05, 0) is 31.2 Å². The van der Waals surface area contributed by atoms with E-state index in [1.54, 1.807) is 19.2 Å². The molecule has 2 heterocycles. The van der Waals surface area contributed by atoms with Gasteiger partial charge in [-0.1, -0.05) is 12.1 Å². The maximum Gasteiger partial charge on any atom is 0.345 e. The molecule has 1 aromatic heterocycles. The lowest BCUT2D eigenvalue weighted by atomic mass is 9.95. The maximum atomic E-state index is 12.6. The molecule has 1 aliphatic carbocycles. The van der Waals surface area contributed by atoms with Crippen LogP contribution in [0.3, 0.4) is 0 Å². The number of non-ortho nitro benzene ring substituents is 1. The number of piperidine rings is 1. The predicted molar refractivity (Wildman–Crippen MR) is 101 cm³/mol. The molecule has 1 saturated carbocycles. The normalized spacial score (nSPS) is 17.7. The topological polar surface area (TPSA) is 103 Å². The van der Waals surface area contributed by atoms with Crippen LogP contribution in [0.4, 0.5) is 5.69 Å². The van der Waals surface area contributed by atoms with Crippen molar-refractivity contribution in [3.63, 3.8) is 0 Å². The Balaban J connectivity index is 1.38. The Morgan fingerprint density at radius 2 is 1.82 bits per heavy atom. The third-order valence-corrected chi connectivity index (χ3v) is 5.61. The highest BCUT2D eigenvalue weighted by Gasteiger charge is 2.34. The van der Waals surface area contributed by atoms with E-state index in [1.807, 2.05) is 9.47 Å². The first kappa shape index (κ1) is 18.4. The number of aryl methyl sites for hydroxylation is 1. The van der Waals surface area contributed by atoms with E-state index in [4.69, 9.17) is 0 Å².